The van der Waals surface area contributed by atoms with Gasteiger partial charge in [-0.05, 0) is 55.2 Å². The number of nitrogens with one attached hydrogen (secondary N) is 1. The number of carbonyl (C=O) groups is 1. The molecule has 0 atom stereocenters. The van der Waals surface area contributed by atoms with Crippen LogP contribution in [0.3, 0.4) is 0 Å². The Morgan fingerprint density at radius 2 is 1.61 bits per heavy atom. The van der Waals surface area contributed by atoms with E-state index in [-0.39, 0.29) is 11.9 Å². The van der Waals surface area contributed by atoms with Crippen LogP contribution in [0.1, 0.15) is 66.5 Å². The molecule has 5 heteroatoms. The van der Waals surface area contributed by atoms with E-state index in [9.17, 15) is 4.79 Å². The lowest BCUT2D eigenvalue weighted by Gasteiger charge is -2.22. The summed E-state index contributed by atoms with van der Waals surface area (Å²) in [4.78, 5) is 15.0. The molecule has 33 heavy (non-hydrogen) atoms. The number of nitrogens with zero attached hydrogens (tertiary/aromatic N) is 1. The normalized spacial score (nSPS) is 14.4. The molecular formula is C28H34N2O3. The zero-order chi connectivity index (χ0) is 22.9. The molecule has 1 aromatic heterocycles. The summed E-state index contributed by atoms with van der Waals surface area (Å²) < 4.78 is 11.5. The molecule has 3 aromatic rings. The van der Waals surface area contributed by atoms with E-state index in [2.05, 4.69) is 46.6 Å². The van der Waals surface area contributed by atoms with Crippen molar-refractivity contribution >= 4 is 5.91 Å². The zero-order valence-electron chi connectivity index (χ0n) is 19.5. The van der Waals surface area contributed by atoms with E-state index in [0.717, 1.165) is 37.4 Å². The number of furan rings is 1. The van der Waals surface area contributed by atoms with Crippen LogP contribution in [-0.4, -0.2) is 23.5 Å². The molecule has 1 heterocycles. The molecule has 0 saturated heterocycles. The first-order valence-electron chi connectivity index (χ1n) is 12.1. The lowest BCUT2D eigenvalue weighted by atomic mass is 9.95. The molecule has 0 radical (unpaired) electrons. The summed E-state index contributed by atoms with van der Waals surface area (Å²) in [6.07, 6.45) is 5.77. The third kappa shape index (κ3) is 6.96. The summed E-state index contributed by atoms with van der Waals surface area (Å²) in [5.74, 6) is 1.98. The third-order valence-corrected chi connectivity index (χ3v) is 6.09. The van der Waals surface area contributed by atoms with Gasteiger partial charge in [-0.15, -0.1) is 0 Å². The van der Waals surface area contributed by atoms with Gasteiger partial charge in [0.1, 0.15) is 11.5 Å². The second kappa shape index (κ2) is 11.7. The fourth-order valence-corrected chi connectivity index (χ4v) is 4.43. The SMILES string of the molecule is CCOc1ccc(CN(Cc2ccccc2)Cc2ccc(C(=O)NC3CCCCC3)o2)cc1. The fourth-order valence-electron chi connectivity index (χ4n) is 4.43. The Morgan fingerprint density at radius 3 is 2.30 bits per heavy atom. The standard InChI is InChI=1S/C28H34N2O3/c1-2-32-25-15-13-23(14-16-25)20-30(19-22-9-5-3-6-10-22)21-26-17-18-27(33-26)28(31)29-24-11-7-4-8-12-24/h3,5-6,9-10,13-18,24H,2,4,7-8,11-12,19-21H2,1H3,(H,29,31). The first-order chi connectivity index (χ1) is 16.2. The Labute approximate surface area is 196 Å². The highest BCUT2D eigenvalue weighted by atomic mass is 16.5. The van der Waals surface area contributed by atoms with Gasteiger partial charge in [0.25, 0.3) is 5.91 Å². The molecular weight excluding hydrogens is 412 g/mol. The maximum absolute atomic E-state index is 12.6. The maximum Gasteiger partial charge on any atom is 0.287 e. The Bertz CT molecular complexity index is 991. The number of ether oxygens (including phenoxy) is 1. The van der Waals surface area contributed by atoms with E-state index in [1.165, 1.54) is 30.4 Å². The molecule has 1 fully saturated rings. The quantitative estimate of drug-likeness (QED) is 0.419. The van der Waals surface area contributed by atoms with Crippen LogP contribution >= 0.6 is 0 Å². The molecule has 1 aliphatic carbocycles. The van der Waals surface area contributed by atoms with Crippen LogP contribution < -0.4 is 10.1 Å². The Hall–Kier alpha value is -3.05. The Morgan fingerprint density at radius 1 is 0.909 bits per heavy atom. The molecule has 1 aliphatic rings. The van der Waals surface area contributed by atoms with Crippen molar-refractivity contribution in [1.82, 2.24) is 10.2 Å². The summed E-state index contributed by atoms with van der Waals surface area (Å²) in [5.41, 5.74) is 2.45. The Kier molecular flexibility index (Phi) is 8.20. The van der Waals surface area contributed by atoms with Crippen molar-refractivity contribution in [3.8, 4) is 5.75 Å². The average molecular weight is 447 g/mol. The Balaban J connectivity index is 1.42. The lowest BCUT2D eigenvalue weighted by Crippen LogP contribution is -2.35. The van der Waals surface area contributed by atoms with Gasteiger partial charge in [0.15, 0.2) is 5.76 Å². The summed E-state index contributed by atoms with van der Waals surface area (Å²) >= 11 is 0. The van der Waals surface area contributed by atoms with Crippen LogP contribution in [0.25, 0.3) is 0 Å². The second-order valence-electron chi connectivity index (χ2n) is 8.78. The average Bonchev–Trinajstić information content (AvgIpc) is 3.30. The van der Waals surface area contributed by atoms with Crippen LogP contribution in [0.2, 0.25) is 0 Å². The van der Waals surface area contributed by atoms with Crippen LogP contribution in [0.4, 0.5) is 0 Å². The van der Waals surface area contributed by atoms with Gasteiger partial charge in [-0.25, -0.2) is 0 Å². The highest BCUT2D eigenvalue weighted by Gasteiger charge is 2.19. The molecule has 4 rings (SSSR count). The summed E-state index contributed by atoms with van der Waals surface area (Å²) in [6.45, 7) is 4.83. The lowest BCUT2D eigenvalue weighted by molar-refractivity contribution is 0.0895. The van der Waals surface area contributed by atoms with E-state index >= 15 is 0 Å². The first kappa shape index (κ1) is 23.1. The van der Waals surface area contributed by atoms with Gasteiger partial charge in [0.05, 0.1) is 13.2 Å². The molecule has 0 bridgehead atoms. The largest absolute Gasteiger partial charge is 0.494 e. The van der Waals surface area contributed by atoms with Gasteiger partial charge in [-0.1, -0.05) is 61.7 Å². The summed E-state index contributed by atoms with van der Waals surface area (Å²) in [7, 11) is 0. The van der Waals surface area contributed by atoms with E-state index in [0.29, 0.717) is 18.9 Å². The molecule has 1 amide bonds. The number of carbonyl (C=O) groups excluding carboxylic acids is 1. The maximum atomic E-state index is 12.6. The molecule has 0 spiro atoms. The monoisotopic (exact) mass is 446 g/mol. The molecule has 174 valence electrons. The first-order valence-corrected chi connectivity index (χ1v) is 12.1. The van der Waals surface area contributed by atoms with Gasteiger partial charge in [-0.3, -0.25) is 9.69 Å². The molecule has 1 saturated carbocycles. The van der Waals surface area contributed by atoms with Crippen molar-refractivity contribution < 1.29 is 13.9 Å². The minimum atomic E-state index is -0.103. The number of benzene rings is 2. The number of hydrogen-bond acceptors (Lipinski definition) is 4. The zero-order valence-corrected chi connectivity index (χ0v) is 19.5. The van der Waals surface area contributed by atoms with Crippen molar-refractivity contribution in [2.75, 3.05) is 6.61 Å². The molecule has 0 aliphatic heterocycles. The van der Waals surface area contributed by atoms with E-state index in [1.54, 1.807) is 6.07 Å². The van der Waals surface area contributed by atoms with Gasteiger partial charge in [0.2, 0.25) is 0 Å². The van der Waals surface area contributed by atoms with Gasteiger partial charge in [-0.2, -0.15) is 0 Å². The predicted molar refractivity (Wildman–Crippen MR) is 130 cm³/mol. The van der Waals surface area contributed by atoms with Crippen molar-refractivity contribution in [2.45, 2.75) is 64.7 Å². The van der Waals surface area contributed by atoms with Crippen LogP contribution in [0.15, 0.2) is 71.1 Å². The van der Waals surface area contributed by atoms with Gasteiger partial charge < -0.3 is 14.5 Å². The van der Waals surface area contributed by atoms with E-state index in [1.807, 2.05) is 31.2 Å². The number of rotatable bonds is 10. The molecule has 1 N–H and O–H groups in total. The van der Waals surface area contributed by atoms with Crippen LogP contribution in [0, 0.1) is 0 Å². The van der Waals surface area contributed by atoms with Crippen LogP contribution in [0.5, 0.6) is 5.75 Å². The van der Waals surface area contributed by atoms with Crippen molar-refractivity contribution in [3.63, 3.8) is 0 Å². The number of amides is 1. The van der Waals surface area contributed by atoms with Crippen LogP contribution in [-0.2, 0) is 19.6 Å². The summed E-state index contributed by atoms with van der Waals surface area (Å²) in [6, 6.07) is 22.7. The number of hydrogen-bond donors (Lipinski definition) is 1. The smallest absolute Gasteiger partial charge is 0.287 e. The molecule has 5 nitrogen and oxygen atoms in total. The van der Waals surface area contributed by atoms with E-state index < -0.39 is 0 Å². The topological polar surface area (TPSA) is 54.7 Å². The highest BCUT2D eigenvalue weighted by Crippen LogP contribution is 2.20. The van der Waals surface area contributed by atoms with Gasteiger partial charge in [0, 0.05) is 19.1 Å². The van der Waals surface area contributed by atoms with Crippen molar-refractivity contribution in [2.24, 2.45) is 0 Å². The minimum Gasteiger partial charge on any atom is -0.494 e. The molecule has 0 unspecified atom stereocenters. The molecule has 2 aromatic carbocycles. The predicted octanol–water partition coefficient (Wildman–Crippen LogP) is 5.94. The third-order valence-electron chi connectivity index (χ3n) is 6.09. The van der Waals surface area contributed by atoms with Gasteiger partial charge >= 0.3 is 0 Å². The fraction of sp³-hybridized carbons (Fsp3) is 0.393. The van der Waals surface area contributed by atoms with Crippen molar-refractivity contribution in [1.29, 1.82) is 0 Å². The highest BCUT2D eigenvalue weighted by molar-refractivity contribution is 5.91. The van der Waals surface area contributed by atoms with E-state index in [4.69, 9.17) is 9.15 Å². The summed E-state index contributed by atoms with van der Waals surface area (Å²) in [5, 5.41) is 3.14. The minimum absolute atomic E-state index is 0.103. The van der Waals surface area contributed by atoms with Crippen molar-refractivity contribution in [3.05, 3.63) is 89.4 Å². The second-order valence-corrected chi connectivity index (χ2v) is 8.78.